The molecule has 0 amide bonds. The summed E-state index contributed by atoms with van der Waals surface area (Å²) >= 11 is 3.61. The normalized spacial score (nSPS) is 21.7. The topological polar surface area (TPSA) is 9.23 Å². The predicted molar refractivity (Wildman–Crippen MR) is 86.6 cm³/mol. The molecule has 1 aliphatic carbocycles. The van der Waals surface area contributed by atoms with Crippen molar-refractivity contribution in [3.8, 4) is 0 Å². The van der Waals surface area contributed by atoms with Crippen molar-refractivity contribution in [1.29, 1.82) is 0 Å². The Morgan fingerprint density at radius 3 is 2.61 bits per heavy atom. The van der Waals surface area contributed by atoms with Crippen LogP contribution in [0.25, 0.3) is 0 Å². The molecule has 0 radical (unpaired) electrons. The van der Waals surface area contributed by atoms with E-state index in [1.54, 1.807) is 0 Å². The highest BCUT2D eigenvalue weighted by molar-refractivity contribution is 9.11. The summed E-state index contributed by atoms with van der Waals surface area (Å²) in [4.78, 5) is 0. The first kappa shape index (κ1) is 16.2. The Bertz CT molecular complexity index is 339. The number of hydrogen-bond acceptors (Lipinski definition) is 1. The Labute approximate surface area is 122 Å². The van der Waals surface area contributed by atoms with Gasteiger partial charge in [-0.1, -0.05) is 49.4 Å². The van der Waals surface area contributed by atoms with Gasteiger partial charge in [0, 0.05) is 0 Å². The van der Waals surface area contributed by atoms with E-state index >= 15 is 0 Å². The lowest BCUT2D eigenvalue weighted by atomic mass is 9.89. The van der Waals surface area contributed by atoms with E-state index in [0.717, 1.165) is 19.4 Å². The van der Waals surface area contributed by atoms with E-state index in [-0.39, 0.29) is 5.04 Å². The van der Waals surface area contributed by atoms with Gasteiger partial charge in [-0.15, -0.1) is 0 Å². The zero-order valence-corrected chi connectivity index (χ0v) is 15.1. The first-order valence-electron chi connectivity index (χ1n) is 6.79. The average molecular weight is 331 g/mol. The molecule has 0 spiro atoms. The van der Waals surface area contributed by atoms with Crippen molar-refractivity contribution in [3.63, 3.8) is 0 Å². The Morgan fingerprint density at radius 2 is 2.11 bits per heavy atom. The highest BCUT2D eigenvalue weighted by Gasteiger charge is 2.37. The van der Waals surface area contributed by atoms with Gasteiger partial charge in [-0.2, -0.15) is 0 Å². The molecule has 0 bridgehead atoms. The first-order chi connectivity index (χ1) is 8.13. The molecular weight excluding hydrogens is 304 g/mol. The minimum atomic E-state index is -1.64. The van der Waals surface area contributed by atoms with Gasteiger partial charge >= 0.3 is 0 Å². The lowest BCUT2D eigenvalue weighted by molar-refractivity contribution is 0.301. The summed E-state index contributed by atoms with van der Waals surface area (Å²) in [5, 5.41) is 0.278. The SMILES string of the molecule is C=C(CO[Si](C)(C)C(C)(C)C)[C@@H]1CCC=C(Br)C1. The summed E-state index contributed by atoms with van der Waals surface area (Å²) in [5.74, 6) is 0.592. The van der Waals surface area contributed by atoms with E-state index in [2.05, 4.69) is 62.5 Å². The van der Waals surface area contributed by atoms with Crippen molar-refractivity contribution < 1.29 is 4.43 Å². The van der Waals surface area contributed by atoms with Crippen molar-refractivity contribution in [3.05, 3.63) is 22.7 Å². The van der Waals surface area contributed by atoms with Crippen LogP contribution in [-0.4, -0.2) is 14.9 Å². The van der Waals surface area contributed by atoms with Crippen LogP contribution in [0.1, 0.15) is 40.0 Å². The molecular formula is C15H27BrOSi. The van der Waals surface area contributed by atoms with Gasteiger partial charge in [-0.05, 0) is 53.4 Å². The predicted octanol–water partition coefficient (Wildman–Crippen LogP) is 5.64. The van der Waals surface area contributed by atoms with E-state index in [4.69, 9.17) is 4.43 Å². The van der Waals surface area contributed by atoms with Gasteiger partial charge in [-0.3, -0.25) is 0 Å². The second-order valence-corrected chi connectivity index (χ2v) is 12.7. The summed E-state index contributed by atoms with van der Waals surface area (Å²) in [5.41, 5.74) is 1.27. The third-order valence-electron chi connectivity index (χ3n) is 4.32. The Kier molecular flexibility index (Phi) is 5.45. The molecule has 1 nitrogen and oxygen atoms in total. The molecule has 104 valence electrons. The summed E-state index contributed by atoms with van der Waals surface area (Å²) < 4.78 is 7.57. The molecule has 0 saturated carbocycles. The monoisotopic (exact) mass is 330 g/mol. The molecule has 18 heavy (non-hydrogen) atoms. The minimum Gasteiger partial charge on any atom is -0.413 e. The maximum Gasteiger partial charge on any atom is 0.192 e. The molecule has 0 aromatic carbocycles. The van der Waals surface area contributed by atoms with E-state index in [0.29, 0.717) is 5.92 Å². The van der Waals surface area contributed by atoms with Gasteiger partial charge in [0.05, 0.1) is 6.61 Å². The molecule has 1 rings (SSSR count). The van der Waals surface area contributed by atoms with Gasteiger partial charge in [0.25, 0.3) is 0 Å². The maximum absolute atomic E-state index is 6.25. The minimum absolute atomic E-state index is 0.278. The van der Waals surface area contributed by atoms with Gasteiger partial charge in [0.15, 0.2) is 8.32 Å². The summed E-state index contributed by atoms with van der Waals surface area (Å²) in [6.45, 7) is 16.4. The van der Waals surface area contributed by atoms with Gasteiger partial charge in [0.1, 0.15) is 0 Å². The number of halogens is 1. The van der Waals surface area contributed by atoms with Gasteiger partial charge in [0.2, 0.25) is 0 Å². The van der Waals surface area contributed by atoms with Crippen LogP contribution in [0, 0.1) is 5.92 Å². The van der Waals surface area contributed by atoms with Crippen molar-refractivity contribution in [2.24, 2.45) is 5.92 Å². The molecule has 0 aliphatic heterocycles. The molecule has 0 saturated heterocycles. The van der Waals surface area contributed by atoms with Crippen LogP contribution < -0.4 is 0 Å². The van der Waals surface area contributed by atoms with Crippen molar-refractivity contribution in [2.75, 3.05) is 6.61 Å². The van der Waals surface area contributed by atoms with Crippen LogP contribution in [0.4, 0.5) is 0 Å². The van der Waals surface area contributed by atoms with Crippen LogP contribution in [-0.2, 0) is 4.43 Å². The molecule has 0 N–H and O–H groups in total. The molecule has 0 aromatic rings. The largest absolute Gasteiger partial charge is 0.413 e. The second kappa shape index (κ2) is 6.06. The molecule has 1 aliphatic rings. The fraction of sp³-hybridized carbons (Fsp3) is 0.733. The van der Waals surface area contributed by atoms with E-state index < -0.39 is 8.32 Å². The maximum atomic E-state index is 6.25. The van der Waals surface area contributed by atoms with Crippen LogP contribution >= 0.6 is 15.9 Å². The smallest absolute Gasteiger partial charge is 0.192 e. The highest BCUT2D eigenvalue weighted by atomic mass is 79.9. The summed E-state index contributed by atoms with van der Waals surface area (Å²) in [7, 11) is -1.64. The van der Waals surface area contributed by atoms with Crippen LogP contribution in [0.5, 0.6) is 0 Å². The number of allylic oxidation sites excluding steroid dienone is 2. The third-order valence-corrected chi connectivity index (χ3v) is 9.45. The van der Waals surface area contributed by atoms with E-state index in [9.17, 15) is 0 Å². The Balaban J connectivity index is 2.49. The van der Waals surface area contributed by atoms with E-state index in [1.807, 2.05) is 0 Å². The Morgan fingerprint density at radius 1 is 1.50 bits per heavy atom. The number of rotatable bonds is 4. The molecule has 0 fully saturated rings. The average Bonchev–Trinajstić information content (AvgIpc) is 2.24. The lowest BCUT2D eigenvalue weighted by Crippen LogP contribution is -2.41. The molecule has 1 atom stereocenters. The molecule has 0 heterocycles. The van der Waals surface area contributed by atoms with Crippen molar-refractivity contribution >= 4 is 24.2 Å². The fourth-order valence-corrected chi connectivity index (χ4v) is 3.42. The highest BCUT2D eigenvalue weighted by Crippen LogP contribution is 2.38. The van der Waals surface area contributed by atoms with Gasteiger partial charge in [-0.25, -0.2) is 0 Å². The lowest BCUT2D eigenvalue weighted by Gasteiger charge is -2.37. The standard InChI is InChI=1S/C15H27BrOSi/c1-12(13-8-7-9-14(16)10-13)11-17-18(5,6)15(2,3)4/h9,13H,1,7-8,10-11H2,2-6H3/t13-/m1/s1. The fourth-order valence-electron chi connectivity index (χ4n) is 1.82. The molecule has 0 aromatic heterocycles. The summed E-state index contributed by atoms with van der Waals surface area (Å²) in [6.07, 6.45) is 5.75. The Hall–Kier alpha value is 0.137. The van der Waals surface area contributed by atoms with Gasteiger partial charge < -0.3 is 4.43 Å². The second-order valence-electron chi connectivity index (χ2n) is 6.84. The van der Waals surface area contributed by atoms with Crippen LogP contribution in [0.3, 0.4) is 0 Å². The first-order valence-corrected chi connectivity index (χ1v) is 10.5. The van der Waals surface area contributed by atoms with Crippen LogP contribution in [0.2, 0.25) is 18.1 Å². The number of hydrogen-bond donors (Lipinski definition) is 0. The third kappa shape index (κ3) is 4.36. The molecule has 3 heteroatoms. The zero-order chi connectivity index (χ0) is 14.0. The van der Waals surface area contributed by atoms with Crippen molar-refractivity contribution in [1.82, 2.24) is 0 Å². The molecule has 0 unspecified atom stereocenters. The van der Waals surface area contributed by atoms with Crippen LogP contribution in [0.15, 0.2) is 22.7 Å². The quantitative estimate of drug-likeness (QED) is 0.478. The summed E-state index contributed by atoms with van der Waals surface area (Å²) in [6, 6.07) is 0. The van der Waals surface area contributed by atoms with Crippen molar-refractivity contribution in [2.45, 2.75) is 58.2 Å². The van der Waals surface area contributed by atoms with E-state index in [1.165, 1.54) is 16.5 Å². The zero-order valence-electron chi connectivity index (χ0n) is 12.5.